The normalized spacial score (nSPS) is 17.6. The average molecular weight is 437 g/mol. The maximum absolute atomic E-state index is 14.6. The minimum atomic E-state index is -1.27. The number of methoxy groups -OCH3 is 1. The summed E-state index contributed by atoms with van der Waals surface area (Å²) < 4.78 is 33.7. The fourth-order valence-corrected chi connectivity index (χ4v) is 3.65. The quantitative estimate of drug-likeness (QED) is 0.361. The van der Waals surface area contributed by atoms with Crippen LogP contribution in [0.3, 0.4) is 0 Å². The van der Waals surface area contributed by atoms with Gasteiger partial charge >= 0.3 is 0 Å². The second-order valence-corrected chi connectivity index (χ2v) is 7.09. The number of hydrogen-bond acceptors (Lipinski definition) is 5. The van der Waals surface area contributed by atoms with Crippen molar-refractivity contribution in [2.24, 2.45) is 0 Å². The lowest BCUT2D eigenvalue weighted by molar-refractivity contribution is -0.132. The van der Waals surface area contributed by atoms with Crippen molar-refractivity contribution in [2.45, 2.75) is 6.04 Å². The van der Waals surface area contributed by atoms with Crippen molar-refractivity contribution >= 4 is 23.1 Å². The van der Waals surface area contributed by atoms with E-state index in [1.165, 1.54) is 43.5 Å². The van der Waals surface area contributed by atoms with Gasteiger partial charge in [-0.15, -0.1) is 0 Å². The average Bonchev–Trinajstić information content (AvgIpc) is 3.06. The summed E-state index contributed by atoms with van der Waals surface area (Å²) in [6, 6.07) is 13.0. The van der Waals surface area contributed by atoms with Gasteiger partial charge in [0.2, 0.25) is 0 Å². The molecule has 1 aliphatic heterocycles. The maximum Gasteiger partial charge on any atom is 0.300 e. The number of carbonyl (C=O) groups excluding carboxylic acids is 2. The van der Waals surface area contributed by atoms with Crippen LogP contribution in [0.4, 0.5) is 14.5 Å². The molecule has 3 aromatic rings. The summed E-state index contributed by atoms with van der Waals surface area (Å²) >= 11 is 0. The summed E-state index contributed by atoms with van der Waals surface area (Å²) in [5.41, 5.74) is -0.256. The first-order valence-corrected chi connectivity index (χ1v) is 9.51. The van der Waals surface area contributed by atoms with Crippen LogP contribution in [-0.4, -0.2) is 29.0 Å². The van der Waals surface area contributed by atoms with Gasteiger partial charge in [0.05, 0.1) is 24.4 Å². The summed E-state index contributed by atoms with van der Waals surface area (Å²) in [6.07, 6.45) is 0. The highest BCUT2D eigenvalue weighted by Crippen LogP contribution is 2.43. The van der Waals surface area contributed by atoms with E-state index in [1.54, 1.807) is 12.1 Å². The molecule has 8 heteroatoms. The van der Waals surface area contributed by atoms with Gasteiger partial charge < -0.3 is 14.9 Å². The van der Waals surface area contributed by atoms with Gasteiger partial charge in [0.25, 0.3) is 11.7 Å². The Kier molecular flexibility index (Phi) is 5.36. The molecule has 1 saturated heterocycles. The number of halogens is 2. The summed E-state index contributed by atoms with van der Waals surface area (Å²) in [5, 5.41) is 20.7. The molecule has 1 heterocycles. The Morgan fingerprint density at radius 1 is 1.00 bits per heavy atom. The van der Waals surface area contributed by atoms with E-state index >= 15 is 0 Å². The van der Waals surface area contributed by atoms with Gasteiger partial charge in [-0.2, -0.15) is 0 Å². The number of phenolic OH excluding ortho intramolecular Hbond substituents is 1. The van der Waals surface area contributed by atoms with Crippen LogP contribution in [-0.2, 0) is 9.59 Å². The number of ketones is 1. The lowest BCUT2D eigenvalue weighted by Gasteiger charge is -2.25. The Morgan fingerprint density at radius 3 is 2.41 bits per heavy atom. The number of benzene rings is 3. The monoisotopic (exact) mass is 437 g/mol. The number of aliphatic hydroxyl groups excluding tert-OH is 1. The minimum absolute atomic E-state index is 0.0737. The summed E-state index contributed by atoms with van der Waals surface area (Å²) in [5.74, 6) is -4.08. The van der Waals surface area contributed by atoms with Crippen molar-refractivity contribution in [3.63, 3.8) is 0 Å². The van der Waals surface area contributed by atoms with Crippen LogP contribution in [0, 0.1) is 11.6 Å². The highest BCUT2D eigenvalue weighted by Gasteiger charge is 2.47. The molecule has 4 rings (SSSR count). The molecule has 1 aliphatic rings. The smallest absolute Gasteiger partial charge is 0.300 e. The van der Waals surface area contributed by atoms with Gasteiger partial charge in [0.1, 0.15) is 28.9 Å². The van der Waals surface area contributed by atoms with Crippen molar-refractivity contribution in [3.8, 4) is 11.5 Å². The van der Waals surface area contributed by atoms with Crippen molar-refractivity contribution in [1.82, 2.24) is 0 Å². The zero-order chi connectivity index (χ0) is 23.0. The molecule has 32 heavy (non-hydrogen) atoms. The largest absolute Gasteiger partial charge is 0.508 e. The highest BCUT2D eigenvalue weighted by atomic mass is 19.1. The topological polar surface area (TPSA) is 87.1 Å². The molecule has 162 valence electrons. The van der Waals surface area contributed by atoms with Crippen LogP contribution >= 0.6 is 0 Å². The first kappa shape index (κ1) is 21.0. The van der Waals surface area contributed by atoms with E-state index in [0.717, 1.165) is 23.1 Å². The Labute approximate surface area is 181 Å². The van der Waals surface area contributed by atoms with Crippen molar-refractivity contribution in [1.29, 1.82) is 0 Å². The third-order valence-corrected chi connectivity index (χ3v) is 5.16. The third kappa shape index (κ3) is 3.56. The lowest BCUT2D eigenvalue weighted by atomic mass is 9.95. The Balaban J connectivity index is 1.98. The molecule has 1 fully saturated rings. The molecule has 0 aromatic heterocycles. The molecule has 2 N–H and O–H groups in total. The van der Waals surface area contributed by atoms with Crippen LogP contribution in [0.15, 0.2) is 72.3 Å². The highest BCUT2D eigenvalue weighted by molar-refractivity contribution is 6.51. The molecular formula is C24H17F2NO5. The number of aliphatic hydroxyl groups is 1. The zero-order valence-electron chi connectivity index (χ0n) is 16.8. The molecule has 1 amide bonds. The number of amides is 1. The van der Waals surface area contributed by atoms with Crippen LogP contribution in [0.2, 0.25) is 0 Å². The molecule has 6 nitrogen and oxygen atoms in total. The molecule has 0 aliphatic carbocycles. The minimum Gasteiger partial charge on any atom is -0.508 e. The molecule has 0 radical (unpaired) electrons. The lowest BCUT2D eigenvalue weighted by Crippen LogP contribution is -2.30. The Hall–Kier alpha value is -4.20. The van der Waals surface area contributed by atoms with E-state index in [-0.39, 0.29) is 16.9 Å². The number of phenols is 1. The molecule has 1 unspecified atom stereocenters. The fourth-order valence-electron chi connectivity index (χ4n) is 3.65. The zero-order valence-corrected chi connectivity index (χ0v) is 16.8. The van der Waals surface area contributed by atoms with Gasteiger partial charge in [-0.1, -0.05) is 24.3 Å². The van der Waals surface area contributed by atoms with Gasteiger partial charge in [-0.05, 0) is 42.0 Å². The number of carbonyl (C=O) groups is 2. The maximum atomic E-state index is 14.6. The SMILES string of the molecule is COc1cccc(/C(O)=C2\C(=O)C(=O)N(c3cc(F)ccc3F)C2c2ccc(O)cc2)c1. The van der Waals surface area contributed by atoms with E-state index < -0.39 is 40.8 Å². The number of anilines is 1. The van der Waals surface area contributed by atoms with Crippen molar-refractivity contribution in [3.05, 3.63) is 95.1 Å². The van der Waals surface area contributed by atoms with Gasteiger partial charge in [-0.25, -0.2) is 8.78 Å². The van der Waals surface area contributed by atoms with Gasteiger partial charge in [0.15, 0.2) is 0 Å². The van der Waals surface area contributed by atoms with E-state index in [1.807, 2.05) is 0 Å². The number of hydrogen-bond donors (Lipinski definition) is 2. The number of rotatable bonds is 4. The molecule has 3 aromatic carbocycles. The number of nitrogens with zero attached hydrogens (tertiary/aromatic N) is 1. The van der Waals surface area contributed by atoms with Crippen LogP contribution in [0.5, 0.6) is 11.5 Å². The van der Waals surface area contributed by atoms with Crippen LogP contribution in [0.1, 0.15) is 17.2 Å². The van der Waals surface area contributed by atoms with E-state index in [2.05, 4.69) is 0 Å². The first-order chi connectivity index (χ1) is 15.3. The first-order valence-electron chi connectivity index (χ1n) is 9.51. The van der Waals surface area contributed by atoms with Crippen molar-refractivity contribution in [2.75, 3.05) is 12.0 Å². The van der Waals surface area contributed by atoms with E-state index in [0.29, 0.717) is 11.3 Å². The van der Waals surface area contributed by atoms with Gasteiger partial charge in [-0.3, -0.25) is 14.5 Å². The molecular weight excluding hydrogens is 420 g/mol. The molecule has 0 saturated carbocycles. The van der Waals surface area contributed by atoms with Crippen molar-refractivity contribution < 1.29 is 33.3 Å². The molecule has 0 bridgehead atoms. The second-order valence-electron chi connectivity index (χ2n) is 7.09. The third-order valence-electron chi connectivity index (χ3n) is 5.16. The van der Waals surface area contributed by atoms with Crippen LogP contribution < -0.4 is 9.64 Å². The number of aromatic hydroxyl groups is 1. The Bertz CT molecular complexity index is 1250. The number of Topliss-reactive ketones (excluding diaryl/α,β-unsaturated/α-hetero) is 1. The molecule has 1 atom stereocenters. The predicted molar refractivity (Wildman–Crippen MR) is 112 cm³/mol. The number of ether oxygens (including phenoxy) is 1. The van der Waals surface area contributed by atoms with Crippen LogP contribution in [0.25, 0.3) is 5.76 Å². The standard InChI is InChI=1S/C24H17F2NO5/c1-32-17-4-2-3-14(11-17)22(29)20-21(13-5-8-16(28)9-6-13)27(24(31)23(20)30)19-12-15(25)7-10-18(19)26/h2-12,21,28-29H,1H3/b22-20+. The van der Waals surface area contributed by atoms with E-state index in [4.69, 9.17) is 4.74 Å². The summed E-state index contributed by atoms with van der Waals surface area (Å²) in [6.45, 7) is 0. The van der Waals surface area contributed by atoms with E-state index in [9.17, 15) is 28.6 Å². The molecule has 0 spiro atoms. The Morgan fingerprint density at radius 2 is 1.72 bits per heavy atom. The summed E-state index contributed by atoms with van der Waals surface area (Å²) in [4.78, 5) is 26.8. The van der Waals surface area contributed by atoms with Gasteiger partial charge in [0, 0.05) is 11.6 Å². The fraction of sp³-hybridized carbons (Fsp3) is 0.0833. The second kappa shape index (κ2) is 8.14. The predicted octanol–water partition coefficient (Wildman–Crippen LogP) is 4.31. The summed E-state index contributed by atoms with van der Waals surface area (Å²) in [7, 11) is 1.43.